The highest BCUT2D eigenvalue weighted by Gasteiger charge is 2.28. The van der Waals surface area contributed by atoms with E-state index < -0.39 is 0 Å². The van der Waals surface area contributed by atoms with Gasteiger partial charge in [0.2, 0.25) is 5.91 Å². The van der Waals surface area contributed by atoms with Crippen molar-refractivity contribution in [3.63, 3.8) is 0 Å². The molecule has 0 radical (unpaired) electrons. The first-order chi connectivity index (χ1) is 10.7. The Bertz CT molecular complexity index is 535. The Labute approximate surface area is 159 Å². The summed E-state index contributed by atoms with van der Waals surface area (Å²) in [5.74, 6) is 1.14. The number of halogens is 2. The van der Waals surface area contributed by atoms with E-state index in [0.29, 0.717) is 19.6 Å². The maximum absolute atomic E-state index is 11.5. The maximum atomic E-state index is 11.5. The molecule has 0 unspecified atom stereocenters. The van der Waals surface area contributed by atoms with E-state index >= 15 is 0 Å². The van der Waals surface area contributed by atoms with Crippen LogP contribution in [0.15, 0.2) is 29.3 Å². The van der Waals surface area contributed by atoms with Gasteiger partial charge in [0.25, 0.3) is 0 Å². The molecule has 0 aliphatic heterocycles. The molecule has 0 atom stereocenters. The summed E-state index contributed by atoms with van der Waals surface area (Å²) < 4.78 is 0. The van der Waals surface area contributed by atoms with Crippen molar-refractivity contribution >= 4 is 47.4 Å². The predicted octanol–water partition coefficient (Wildman–Crippen LogP) is 2.54. The van der Waals surface area contributed by atoms with Gasteiger partial charge >= 0.3 is 0 Å². The normalized spacial score (nSPS) is 13.9. The Morgan fingerprint density at radius 2 is 1.91 bits per heavy atom. The summed E-state index contributed by atoms with van der Waals surface area (Å²) in [7, 11) is 0. The fraction of sp³-hybridized carbons (Fsp3) is 0.500. The molecule has 1 amide bonds. The van der Waals surface area contributed by atoms with E-state index in [2.05, 4.69) is 20.9 Å². The highest BCUT2D eigenvalue weighted by atomic mass is 127. The Balaban J connectivity index is 0.00000264. The first-order valence-electron chi connectivity index (χ1n) is 7.74. The second-order valence-electron chi connectivity index (χ2n) is 5.28. The lowest BCUT2D eigenvalue weighted by atomic mass is 10.2. The number of carbonyl (C=O) groups is 1. The van der Waals surface area contributed by atoms with E-state index in [1.54, 1.807) is 0 Å². The largest absolute Gasteiger partial charge is 0.357 e. The fourth-order valence-electron chi connectivity index (χ4n) is 1.99. The van der Waals surface area contributed by atoms with Crippen molar-refractivity contribution in [1.29, 1.82) is 0 Å². The zero-order valence-electron chi connectivity index (χ0n) is 13.3. The third kappa shape index (κ3) is 7.39. The van der Waals surface area contributed by atoms with Crippen LogP contribution in [0.1, 0.15) is 25.3 Å². The van der Waals surface area contributed by atoms with Crippen LogP contribution in [-0.2, 0) is 11.3 Å². The van der Waals surface area contributed by atoms with Crippen LogP contribution in [0.4, 0.5) is 0 Å². The summed E-state index contributed by atoms with van der Waals surface area (Å²) in [5, 5.41) is 10.0. The molecule has 0 spiro atoms. The molecule has 3 N–H and O–H groups in total. The molecule has 1 aromatic carbocycles. The van der Waals surface area contributed by atoms with Crippen LogP contribution >= 0.6 is 35.6 Å². The average Bonchev–Trinajstić information content (AvgIpc) is 3.35. The van der Waals surface area contributed by atoms with Crippen molar-refractivity contribution in [2.45, 2.75) is 26.3 Å². The second-order valence-corrected chi connectivity index (χ2v) is 5.69. The summed E-state index contributed by atoms with van der Waals surface area (Å²) >= 11 is 6.12. The number of hydrogen-bond donors (Lipinski definition) is 3. The van der Waals surface area contributed by atoms with Crippen molar-refractivity contribution in [3.05, 3.63) is 34.9 Å². The van der Waals surface area contributed by atoms with Crippen LogP contribution in [0, 0.1) is 5.92 Å². The molecule has 0 bridgehead atoms. The van der Waals surface area contributed by atoms with E-state index in [-0.39, 0.29) is 35.8 Å². The van der Waals surface area contributed by atoms with Gasteiger partial charge in [0.15, 0.2) is 5.96 Å². The highest BCUT2D eigenvalue weighted by molar-refractivity contribution is 14.0. The lowest BCUT2D eigenvalue weighted by molar-refractivity contribution is -0.122. The summed E-state index contributed by atoms with van der Waals surface area (Å²) in [4.78, 5) is 16.0. The first-order valence-corrected chi connectivity index (χ1v) is 8.11. The van der Waals surface area contributed by atoms with Crippen molar-refractivity contribution in [1.82, 2.24) is 16.0 Å². The molecular weight excluding hydrogens is 427 g/mol. The number of carbonyl (C=O) groups excluding carboxylic acids is 1. The van der Waals surface area contributed by atoms with Crippen LogP contribution in [0.25, 0.3) is 0 Å². The standard InChI is InChI=1S/C16H23ClN4O.HI/c1-2-18-16(20-10-9-19-15(22)12-7-8-12)21-11-13-5-3-4-6-14(13)17;/h3-6,12H,2,7-11H2,1H3,(H,19,22)(H2,18,20,21);1H. The molecule has 1 saturated carbocycles. The minimum atomic E-state index is 0. The minimum absolute atomic E-state index is 0. The number of hydrogen-bond acceptors (Lipinski definition) is 2. The topological polar surface area (TPSA) is 65.5 Å². The SMILES string of the molecule is CCNC(=NCc1ccccc1Cl)NCCNC(=O)C1CC1.I. The Kier molecular flexibility index (Phi) is 9.31. The van der Waals surface area contributed by atoms with E-state index in [9.17, 15) is 4.79 Å². The van der Waals surface area contributed by atoms with Crippen LogP contribution in [0.2, 0.25) is 5.02 Å². The summed E-state index contributed by atoms with van der Waals surface area (Å²) in [5.41, 5.74) is 0.989. The number of aliphatic imine (C=N–C) groups is 1. The zero-order chi connectivity index (χ0) is 15.8. The quantitative estimate of drug-likeness (QED) is 0.259. The summed E-state index contributed by atoms with van der Waals surface area (Å²) in [6, 6.07) is 7.68. The van der Waals surface area contributed by atoms with Gasteiger partial charge < -0.3 is 16.0 Å². The molecule has 1 aliphatic carbocycles. The van der Waals surface area contributed by atoms with Gasteiger partial charge in [-0.15, -0.1) is 24.0 Å². The van der Waals surface area contributed by atoms with Gasteiger partial charge in [0.05, 0.1) is 6.54 Å². The summed E-state index contributed by atoms with van der Waals surface area (Å²) in [6.07, 6.45) is 2.06. The van der Waals surface area contributed by atoms with Gasteiger partial charge in [0, 0.05) is 30.6 Å². The van der Waals surface area contributed by atoms with Gasteiger partial charge in [-0.05, 0) is 31.4 Å². The number of rotatable bonds is 7. The van der Waals surface area contributed by atoms with Crippen molar-refractivity contribution in [2.75, 3.05) is 19.6 Å². The van der Waals surface area contributed by atoms with Crippen molar-refractivity contribution in [3.8, 4) is 0 Å². The number of amides is 1. The average molecular weight is 451 g/mol. The van der Waals surface area contributed by atoms with E-state index in [4.69, 9.17) is 11.6 Å². The number of guanidine groups is 1. The smallest absolute Gasteiger partial charge is 0.223 e. The monoisotopic (exact) mass is 450 g/mol. The molecule has 7 heteroatoms. The maximum Gasteiger partial charge on any atom is 0.223 e. The number of benzene rings is 1. The molecule has 23 heavy (non-hydrogen) atoms. The van der Waals surface area contributed by atoms with Gasteiger partial charge in [-0.25, -0.2) is 4.99 Å². The summed E-state index contributed by atoms with van der Waals surface area (Å²) in [6.45, 7) is 4.56. The Hall–Kier alpha value is -1.02. The minimum Gasteiger partial charge on any atom is -0.357 e. The lowest BCUT2D eigenvalue weighted by Gasteiger charge is -2.12. The van der Waals surface area contributed by atoms with Crippen molar-refractivity contribution < 1.29 is 4.79 Å². The van der Waals surface area contributed by atoms with Gasteiger partial charge in [-0.3, -0.25) is 4.79 Å². The molecule has 5 nitrogen and oxygen atoms in total. The molecule has 2 rings (SSSR count). The molecular formula is C16H24ClIN4O. The van der Waals surface area contributed by atoms with Gasteiger partial charge in [0.1, 0.15) is 0 Å². The van der Waals surface area contributed by atoms with Crippen molar-refractivity contribution in [2.24, 2.45) is 10.9 Å². The second kappa shape index (κ2) is 10.7. The third-order valence-electron chi connectivity index (χ3n) is 3.37. The van der Waals surface area contributed by atoms with E-state index in [1.807, 2.05) is 31.2 Å². The number of nitrogens with zero attached hydrogens (tertiary/aromatic N) is 1. The van der Waals surface area contributed by atoms with Crippen LogP contribution in [0.5, 0.6) is 0 Å². The van der Waals surface area contributed by atoms with E-state index in [1.165, 1.54) is 0 Å². The van der Waals surface area contributed by atoms with Crippen LogP contribution < -0.4 is 16.0 Å². The molecule has 1 fully saturated rings. The zero-order valence-corrected chi connectivity index (χ0v) is 16.4. The van der Waals surface area contributed by atoms with Crippen LogP contribution in [0.3, 0.4) is 0 Å². The lowest BCUT2D eigenvalue weighted by Crippen LogP contribution is -2.41. The molecule has 0 saturated heterocycles. The molecule has 128 valence electrons. The van der Waals surface area contributed by atoms with E-state index in [0.717, 1.165) is 35.9 Å². The third-order valence-corrected chi connectivity index (χ3v) is 3.74. The number of nitrogens with one attached hydrogen (secondary N) is 3. The highest BCUT2D eigenvalue weighted by Crippen LogP contribution is 2.28. The fourth-order valence-corrected chi connectivity index (χ4v) is 2.18. The Morgan fingerprint density at radius 3 is 2.57 bits per heavy atom. The first kappa shape index (κ1) is 20.0. The Morgan fingerprint density at radius 1 is 1.22 bits per heavy atom. The van der Waals surface area contributed by atoms with Gasteiger partial charge in [-0.1, -0.05) is 29.8 Å². The molecule has 0 aromatic heterocycles. The molecule has 0 heterocycles. The van der Waals surface area contributed by atoms with Crippen LogP contribution in [-0.4, -0.2) is 31.5 Å². The molecule has 1 aromatic rings. The molecule has 1 aliphatic rings. The predicted molar refractivity (Wildman–Crippen MR) is 105 cm³/mol. The van der Waals surface area contributed by atoms with Gasteiger partial charge in [-0.2, -0.15) is 0 Å².